The van der Waals surface area contributed by atoms with E-state index in [1.54, 1.807) is 0 Å². The third-order valence-electron chi connectivity index (χ3n) is 9.56. The number of rotatable bonds is 6. The predicted molar refractivity (Wildman–Crippen MR) is 202 cm³/mol. The van der Waals surface area contributed by atoms with Crippen molar-refractivity contribution >= 4 is 27.5 Å². The quantitative estimate of drug-likeness (QED) is 0.192. The second-order valence-electron chi connectivity index (χ2n) is 12.5. The molecule has 1 aliphatic rings. The van der Waals surface area contributed by atoms with Crippen LogP contribution in [-0.4, -0.2) is 9.55 Å². The second-order valence-corrected chi connectivity index (χ2v) is 12.5. The van der Waals surface area contributed by atoms with Crippen molar-refractivity contribution in [3.05, 3.63) is 199 Å². The molecule has 6 aromatic carbocycles. The summed E-state index contributed by atoms with van der Waals surface area (Å²) in [7, 11) is 0. The van der Waals surface area contributed by atoms with Crippen LogP contribution in [0.25, 0.3) is 55.6 Å². The lowest BCUT2D eigenvalue weighted by Crippen LogP contribution is -2.39. The number of nitrogens with zero attached hydrogens (tertiary/aromatic N) is 2. The lowest BCUT2D eigenvalue weighted by molar-refractivity contribution is 0.442. The fraction of sp³-hybridized carbons (Fsp3) is 0.0444. The number of benzene rings is 6. The zero-order chi connectivity index (χ0) is 32.6. The van der Waals surface area contributed by atoms with Crippen LogP contribution in [0.1, 0.15) is 28.9 Å². The summed E-state index contributed by atoms with van der Waals surface area (Å²) in [5, 5.41) is 10.1. The predicted octanol–water partition coefficient (Wildman–Crippen LogP) is 10.5. The first-order valence-electron chi connectivity index (χ1n) is 16.8. The fourth-order valence-electron chi connectivity index (χ4n) is 7.08. The van der Waals surface area contributed by atoms with Crippen LogP contribution in [0.4, 0.5) is 0 Å². The molecule has 0 amide bonds. The van der Waals surface area contributed by atoms with Crippen molar-refractivity contribution in [1.82, 2.24) is 20.2 Å². The number of fused-ring (bicyclic) bond motifs is 3. The van der Waals surface area contributed by atoms with Gasteiger partial charge in [0, 0.05) is 33.9 Å². The van der Waals surface area contributed by atoms with E-state index in [1.807, 2.05) is 24.4 Å². The number of pyridine rings is 1. The van der Waals surface area contributed by atoms with Gasteiger partial charge in [-0.25, -0.2) is 0 Å². The summed E-state index contributed by atoms with van der Waals surface area (Å²) in [6, 6.07) is 60.5. The molecular weight excluding hydrogens is 597 g/mol. The molecule has 0 fully saturated rings. The van der Waals surface area contributed by atoms with E-state index in [4.69, 9.17) is 0 Å². The standard InChI is InChI=1S/C45H34N4/c1-3-11-35(12-4-1)45-47-41(30-42(48-45)34-24-22-32(23-25-34)40-16-9-10-28-46-40)33-20-18-31(19-21-33)36-26-27-44-39(29-36)38-15-7-8-17-43(38)49(44)37-13-5-2-6-14-37/h1-30,41,45,47-48H. The third kappa shape index (κ3) is 5.48. The van der Waals surface area contributed by atoms with Gasteiger partial charge in [-0.1, -0.05) is 127 Å². The minimum absolute atomic E-state index is 0.0253. The third-order valence-corrected chi connectivity index (χ3v) is 9.56. The molecule has 0 saturated heterocycles. The Kier molecular flexibility index (Phi) is 7.34. The number of para-hydroxylation sites is 2. The fourth-order valence-corrected chi connectivity index (χ4v) is 7.08. The largest absolute Gasteiger partial charge is 0.366 e. The summed E-state index contributed by atoms with van der Waals surface area (Å²) < 4.78 is 2.36. The smallest absolute Gasteiger partial charge is 0.104 e. The molecule has 0 spiro atoms. The van der Waals surface area contributed by atoms with Crippen LogP contribution in [-0.2, 0) is 0 Å². The average Bonchev–Trinajstić information content (AvgIpc) is 3.52. The molecule has 9 rings (SSSR count). The molecule has 2 aromatic heterocycles. The van der Waals surface area contributed by atoms with E-state index in [0.29, 0.717) is 0 Å². The zero-order valence-corrected chi connectivity index (χ0v) is 26.9. The zero-order valence-electron chi connectivity index (χ0n) is 26.9. The molecular formula is C45H34N4. The lowest BCUT2D eigenvalue weighted by Gasteiger charge is -2.33. The van der Waals surface area contributed by atoms with Crippen molar-refractivity contribution in [3.8, 4) is 28.1 Å². The SMILES string of the molecule is C1=C(c2ccc(-c3ccccn3)cc2)NC(c2ccccc2)NC1c1ccc(-c2ccc3c(c2)c2ccccc2n3-c2ccccc2)cc1. The summed E-state index contributed by atoms with van der Waals surface area (Å²) in [5.41, 5.74) is 12.8. The van der Waals surface area contributed by atoms with E-state index in [9.17, 15) is 0 Å². The monoisotopic (exact) mass is 630 g/mol. The van der Waals surface area contributed by atoms with Crippen LogP contribution in [0.2, 0.25) is 0 Å². The van der Waals surface area contributed by atoms with Gasteiger partial charge < -0.3 is 9.88 Å². The molecule has 2 unspecified atom stereocenters. The lowest BCUT2D eigenvalue weighted by atomic mass is 9.95. The molecule has 2 atom stereocenters. The summed E-state index contributed by atoms with van der Waals surface area (Å²) in [4.78, 5) is 4.52. The number of hydrogen-bond acceptors (Lipinski definition) is 3. The molecule has 1 aliphatic heterocycles. The Hall–Kier alpha value is -6.23. The van der Waals surface area contributed by atoms with Crippen LogP contribution >= 0.6 is 0 Å². The highest BCUT2D eigenvalue weighted by Gasteiger charge is 2.24. The van der Waals surface area contributed by atoms with Crippen molar-refractivity contribution in [2.75, 3.05) is 0 Å². The van der Waals surface area contributed by atoms with Crippen molar-refractivity contribution in [2.45, 2.75) is 12.2 Å². The topological polar surface area (TPSA) is 41.9 Å². The Labute approximate surface area is 286 Å². The maximum Gasteiger partial charge on any atom is 0.104 e. The molecule has 4 heteroatoms. The summed E-state index contributed by atoms with van der Waals surface area (Å²) >= 11 is 0. The maximum absolute atomic E-state index is 4.52. The van der Waals surface area contributed by atoms with Gasteiger partial charge in [0.05, 0.1) is 22.8 Å². The highest BCUT2D eigenvalue weighted by atomic mass is 15.2. The first kappa shape index (κ1) is 29.0. The van der Waals surface area contributed by atoms with E-state index in [2.05, 4.69) is 178 Å². The summed E-state index contributed by atoms with van der Waals surface area (Å²) in [6.07, 6.45) is 4.10. The Morgan fingerprint density at radius 3 is 1.92 bits per heavy atom. The van der Waals surface area contributed by atoms with Crippen molar-refractivity contribution in [2.24, 2.45) is 0 Å². The average molecular weight is 631 g/mol. The van der Waals surface area contributed by atoms with E-state index in [-0.39, 0.29) is 12.2 Å². The Balaban J connectivity index is 1.06. The summed E-state index contributed by atoms with van der Waals surface area (Å²) in [5.74, 6) is 0. The van der Waals surface area contributed by atoms with Gasteiger partial charge in [-0.15, -0.1) is 0 Å². The molecule has 49 heavy (non-hydrogen) atoms. The van der Waals surface area contributed by atoms with E-state index >= 15 is 0 Å². The van der Waals surface area contributed by atoms with Crippen molar-refractivity contribution < 1.29 is 0 Å². The molecule has 0 aliphatic carbocycles. The van der Waals surface area contributed by atoms with Gasteiger partial charge in [0.2, 0.25) is 0 Å². The Bertz CT molecular complexity index is 2410. The van der Waals surface area contributed by atoms with Gasteiger partial charge in [-0.3, -0.25) is 10.3 Å². The van der Waals surface area contributed by atoms with Crippen LogP contribution < -0.4 is 10.6 Å². The minimum Gasteiger partial charge on any atom is -0.366 e. The molecule has 8 aromatic rings. The molecule has 3 heterocycles. The molecule has 234 valence electrons. The minimum atomic E-state index is -0.0364. The van der Waals surface area contributed by atoms with Crippen LogP contribution in [0.3, 0.4) is 0 Å². The van der Waals surface area contributed by atoms with Crippen molar-refractivity contribution in [1.29, 1.82) is 0 Å². The molecule has 4 nitrogen and oxygen atoms in total. The highest BCUT2D eigenvalue weighted by Crippen LogP contribution is 2.36. The van der Waals surface area contributed by atoms with Gasteiger partial charge in [-0.05, 0) is 76.4 Å². The van der Waals surface area contributed by atoms with Crippen LogP contribution in [0.15, 0.2) is 182 Å². The van der Waals surface area contributed by atoms with Crippen LogP contribution in [0, 0.1) is 0 Å². The van der Waals surface area contributed by atoms with E-state index in [0.717, 1.165) is 22.5 Å². The second kappa shape index (κ2) is 12.4. The first-order valence-corrected chi connectivity index (χ1v) is 16.8. The van der Waals surface area contributed by atoms with E-state index in [1.165, 1.54) is 49.7 Å². The number of nitrogens with one attached hydrogen (secondary N) is 2. The van der Waals surface area contributed by atoms with Gasteiger partial charge in [0.25, 0.3) is 0 Å². The van der Waals surface area contributed by atoms with Crippen LogP contribution in [0.5, 0.6) is 0 Å². The Morgan fingerprint density at radius 1 is 0.490 bits per heavy atom. The number of hydrogen-bond donors (Lipinski definition) is 2. The normalized spacial score (nSPS) is 16.0. The van der Waals surface area contributed by atoms with E-state index < -0.39 is 0 Å². The first-order chi connectivity index (χ1) is 24.3. The number of aromatic nitrogens is 2. The van der Waals surface area contributed by atoms with Gasteiger partial charge in [0.15, 0.2) is 0 Å². The van der Waals surface area contributed by atoms with Crippen molar-refractivity contribution in [3.63, 3.8) is 0 Å². The Morgan fingerprint density at radius 2 is 1.14 bits per heavy atom. The highest BCUT2D eigenvalue weighted by molar-refractivity contribution is 6.10. The van der Waals surface area contributed by atoms with Gasteiger partial charge in [0.1, 0.15) is 6.17 Å². The molecule has 2 N–H and O–H groups in total. The van der Waals surface area contributed by atoms with Gasteiger partial charge in [-0.2, -0.15) is 0 Å². The summed E-state index contributed by atoms with van der Waals surface area (Å²) in [6.45, 7) is 0. The molecule has 0 saturated carbocycles. The molecule has 0 bridgehead atoms. The maximum atomic E-state index is 4.52. The van der Waals surface area contributed by atoms with Gasteiger partial charge >= 0.3 is 0 Å². The molecule has 0 radical (unpaired) electrons.